The van der Waals surface area contributed by atoms with E-state index in [1.807, 2.05) is 11.4 Å². The summed E-state index contributed by atoms with van der Waals surface area (Å²) in [7, 11) is 1.53. The van der Waals surface area contributed by atoms with Crippen molar-refractivity contribution in [3.05, 3.63) is 76.1 Å². The topological polar surface area (TPSA) is 125 Å². The summed E-state index contributed by atoms with van der Waals surface area (Å²) in [4.78, 5) is 49.9. The summed E-state index contributed by atoms with van der Waals surface area (Å²) in [5.41, 5.74) is 2.44. The Kier molecular flexibility index (Phi) is 6.42. The molecule has 0 atom stereocenters. The minimum absolute atomic E-state index is 0.0665. The number of carbonyl (C=O) groups is 4. The summed E-state index contributed by atoms with van der Waals surface area (Å²) in [6.45, 7) is -0.431. The number of aromatic carboxylic acids is 1. The molecule has 0 bridgehead atoms. The van der Waals surface area contributed by atoms with Gasteiger partial charge in [-0.25, -0.2) is 14.5 Å². The van der Waals surface area contributed by atoms with E-state index in [9.17, 15) is 19.2 Å². The Morgan fingerprint density at radius 3 is 2.44 bits per heavy atom. The van der Waals surface area contributed by atoms with Crippen molar-refractivity contribution in [1.82, 2.24) is 10.2 Å². The maximum absolute atomic E-state index is 12.7. The number of hydrogen-bond acceptors (Lipinski definition) is 6. The molecular weight excluding hydrogens is 458 g/mol. The molecule has 9 nitrogen and oxygen atoms in total. The van der Waals surface area contributed by atoms with Gasteiger partial charge in [0.25, 0.3) is 5.91 Å². The number of anilines is 1. The number of benzene rings is 2. The zero-order valence-corrected chi connectivity index (χ0v) is 18.7. The van der Waals surface area contributed by atoms with Crippen LogP contribution in [0.25, 0.3) is 17.2 Å². The zero-order valence-electron chi connectivity index (χ0n) is 17.9. The van der Waals surface area contributed by atoms with Crippen LogP contribution in [0.3, 0.4) is 0 Å². The van der Waals surface area contributed by atoms with E-state index in [-0.39, 0.29) is 11.3 Å². The van der Waals surface area contributed by atoms with Crippen LogP contribution in [0, 0.1) is 0 Å². The number of urea groups is 1. The first-order valence-corrected chi connectivity index (χ1v) is 10.9. The SMILES string of the molecule is COc1ccc(NC(=O)CN2C(=O)N/C(=C\c3cc(-c4ccc(C(=O)O)cc4)cs3)C2=O)cc1. The lowest BCUT2D eigenvalue weighted by Crippen LogP contribution is -2.38. The Morgan fingerprint density at radius 1 is 1.09 bits per heavy atom. The fourth-order valence-corrected chi connectivity index (χ4v) is 4.11. The number of carboxylic acid groups (broad SMARTS) is 1. The van der Waals surface area contributed by atoms with Crippen LogP contribution in [0.5, 0.6) is 5.75 Å². The third-order valence-electron chi connectivity index (χ3n) is 5.01. The first kappa shape index (κ1) is 22.7. The van der Waals surface area contributed by atoms with Crippen molar-refractivity contribution in [2.45, 2.75) is 0 Å². The number of hydrogen-bond donors (Lipinski definition) is 3. The fourth-order valence-electron chi connectivity index (χ4n) is 3.26. The first-order valence-electron chi connectivity index (χ1n) is 10.0. The standard InChI is InChI=1S/C24H19N3O6S/c1-33-18-8-6-17(7-9-18)25-21(28)12-27-22(29)20(26-24(27)32)11-19-10-16(13-34-19)14-2-4-15(5-3-14)23(30)31/h2-11,13H,12H2,1H3,(H,25,28)(H,26,32)(H,30,31)/b20-11-. The molecule has 34 heavy (non-hydrogen) atoms. The highest BCUT2D eigenvalue weighted by atomic mass is 32.1. The van der Waals surface area contributed by atoms with Crippen molar-refractivity contribution < 1.29 is 29.0 Å². The first-order chi connectivity index (χ1) is 16.3. The Labute approximate surface area is 198 Å². The van der Waals surface area contributed by atoms with E-state index in [0.29, 0.717) is 16.3 Å². The highest BCUT2D eigenvalue weighted by molar-refractivity contribution is 7.11. The summed E-state index contributed by atoms with van der Waals surface area (Å²) in [6.07, 6.45) is 1.54. The average molecular weight is 477 g/mol. The number of carboxylic acids is 1. The largest absolute Gasteiger partial charge is 0.497 e. The summed E-state index contributed by atoms with van der Waals surface area (Å²) in [6, 6.07) is 14.2. The number of thiophene rings is 1. The molecule has 172 valence electrons. The van der Waals surface area contributed by atoms with Crippen LogP contribution in [0.4, 0.5) is 10.5 Å². The highest BCUT2D eigenvalue weighted by Crippen LogP contribution is 2.28. The third kappa shape index (κ3) is 4.97. The van der Waals surface area contributed by atoms with Gasteiger partial charge in [-0.2, -0.15) is 0 Å². The molecule has 0 aliphatic carbocycles. The molecular formula is C24H19N3O6S. The Bertz CT molecular complexity index is 1300. The lowest BCUT2D eigenvalue weighted by molar-refractivity contribution is -0.127. The smallest absolute Gasteiger partial charge is 0.335 e. The molecule has 1 fully saturated rings. The van der Waals surface area contributed by atoms with Crippen molar-refractivity contribution in [3.8, 4) is 16.9 Å². The predicted molar refractivity (Wildman–Crippen MR) is 127 cm³/mol. The van der Waals surface area contributed by atoms with Crippen LogP contribution < -0.4 is 15.4 Å². The van der Waals surface area contributed by atoms with Crippen LogP contribution in [0.2, 0.25) is 0 Å². The van der Waals surface area contributed by atoms with Gasteiger partial charge in [0.05, 0.1) is 12.7 Å². The van der Waals surface area contributed by atoms with E-state index in [1.165, 1.54) is 30.6 Å². The Morgan fingerprint density at radius 2 is 1.79 bits per heavy atom. The number of nitrogens with zero attached hydrogens (tertiary/aromatic N) is 1. The number of ether oxygens (including phenoxy) is 1. The summed E-state index contributed by atoms with van der Waals surface area (Å²) < 4.78 is 5.07. The zero-order chi connectivity index (χ0) is 24.2. The van der Waals surface area contributed by atoms with E-state index >= 15 is 0 Å². The molecule has 1 aromatic heterocycles. The molecule has 0 saturated carbocycles. The molecule has 4 rings (SSSR count). The van der Waals surface area contributed by atoms with Crippen LogP contribution in [-0.4, -0.2) is 47.5 Å². The maximum Gasteiger partial charge on any atom is 0.335 e. The molecule has 2 aromatic carbocycles. The second kappa shape index (κ2) is 9.59. The molecule has 0 radical (unpaired) electrons. The molecule has 1 aliphatic heterocycles. The lowest BCUT2D eigenvalue weighted by Gasteiger charge is -2.12. The fraction of sp³-hybridized carbons (Fsp3) is 0.0833. The maximum atomic E-state index is 12.7. The quantitative estimate of drug-likeness (QED) is 0.352. The summed E-state index contributed by atoms with van der Waals surface area (Å²) in [5, 5.41) is 16.0. The van der Waals surface area contributed by atoms with Gasteiger partial charge in [0, 0.05) is 10.6 Å². The molecule has 0 spiro atoms. The highest BCUT2D eigenvalue weighted by Gasteiger charge is 2.35. The van der Waals surface area contributed by atoms with E-state index in [1.54, 1.807) is 42.5 Å². The van der Waals surface area contributed by atoms with Crippen molar-refractivity contribution in [1.29, 1.82) is 0 Å². The van der Waals surface area contributed by atoms with Crippen LogP contribution in [-0.2, 0) is 9.59 Å². The minimum atomic E-state index is -1.000. The van der Waals surface area contributed by atoms with Gasteiger partial charge >= 0.3 is 12.0 Å². The second-order valence-corrected chi connectivity index (χ2v) is 8.22. The van der Waals surface area contributed by atoms with E-state index in [0.717, 1.165) is 16.0 Å². The van der Waals surface area contributed by atoms with Crippen LogP contribution >= 0.6 is 11.3 Å². The molecule has 4 amide bonds. The van der Waals surface area contributed by atoms with Crippen molar-refractivity contribution in [3.63, 3.8) is 0 Å². The van der Waals surface area contributed by atoms with E-state index in [2.05, 4.69) is 10.6 Å². The van der Waals surface area contributed by atoms with Crippen molar-refractivity contribution in [2.75, 3.05) is 19.0 Å². The molecule has 1 aliphatic rings. The van der Waals surface area contributed by atoms with Gasteiger partial charge in [-0.1, -0.05) is 12.1 Å². The molecule has 3 aromatic rings. The van der Waals surface area contributed by atoms with Gasteiger partial charge in [0.1, 0.15) is 18.0 Å². The van der Waals surface area contributed by atoms with Gasteiger partial charge in [0.2, 0.25) is 5.91 Å². The Hall–Kier alpha value is -4.44. The van der Waals surface area contributed by atoms with Gasteiger partial charge < -0.3 is 20.5 Å². The van der Waals surface area contributed by atoms with Gasteiger partial charge in [0.15, 0.2) is 0 Å². The monoisotopic (exact) mass is 477 g/mol. The number of rotatable bonds is 7. The minimum Gasteiger partial charge on any atom is -0.497 e. The second-order valence-electron chi connectivity index (χ2n) is 7.28. The van der Waals surface area contributed by atoms with E-state index in [4.69, 9.17) is 9.84 Å². The van der Waals surface area contributed by atoms with Crippen LogP contribution in [0.1, 0.15) is 15.2 Å². The third-order valence-corrected chi connectivity index (χ3v) is 5.89. The number of imide groups is 1. The normalized spacial score (nSPS) is 14.3. The number of amides is 4. The number of nitrogens with one attached hydrogen (secondary N) is 2. The molecule has 10 heteroatoms. The van der Waals surface area contributed by atoms with Crippen LogP contribution in [0.15, 0.2) is 65.7 Å². The van der Waals surface area contributed by atoms with Gasteiger partial charge in [-0.15, -0.1) is 11.3 Å². The number of carbonyl (C=O) groups excluding carboxylic acids is 3. The average Bonchev–Trinajstić information content (AvgIpc) is 3.40. The van der Waals surface area contributed by atoms with Crippen molar-refractivity contribution >= 4 is 46.9 Å². The number of methoxy groups -OCH3 is 1. The Balaban J connectivity index is 1.42. The predicted octanol–water partition coefficient (Wildman–Crippen LogP) is 3.65. The molecule has 0 unspecified atom stereocenters. The van der Waals surface area contributed by atoms with Gasteiger partial charge in [-0.3, -0.25) is 9.59 Å². The van der Waals surface area contributed by atoms with Crippen molar-refractivity contribution in [2.24, 2.45) is 0 Å². The summed E-state index contributed by atoms with van der Waals surface area (Å²) in [5.74, 6) is -1.48. The summed E-state index contributed by atoms with van der Waals surface area (Å²) >= 11 is 1.36. The van der Waals surface area contributed by atoms with E-state index < -0.39 is 30.4 Å². The van der Waals surface area contributed by atoms with Gasteiger partial charge in [-0.05, 0) is 65.0 Å². The molecule has 1 saturated heterocycles. The molecule has 3 N–H and O–H groups in total. The molecule has 2 heterocycles. The lowest BCUT2D eigenvalue weighted by atomic mass is 10.1.